The summed E-state index contributed by atoms with van der Waals surface area (Å²) in [6, 6.07) is 4.47. The van der Waals surface area contributed by atoms with Crippen LogP contribution in [0.5, 0.6) is 0 Å². The van der Waals surface area contributed by atoms with E-state index in [2.05, 4.69) is 4.98 Å². The summed E-state index contributed by atoms with van der Waals surface area (Å²) in [6.07, 6.45) is 2.04. The monoisotopic (exact) mass is 245 g/mol. The van der Waals surface area contributed by atoms with Crippen LogP contribution in [0.15, 0.2) is 18.3 Å². The molecule has 0 bridgehead atoms. The van der Waals surface area contributed by atoms with E-state index in [1.165, 1.54) is 11.1 Å². The van der Waals surface area contributed by atoms with Gasteiger partial charge in [-0.05, 0) is 12.5 Å². The van der Waals surface area contributed by atoms with Crippen LogP contribution in [0.3, 0.4) is 0 Å². The lowest BCUT2D eigenvalue weighted by atomic mass is 10.1. The first-order chi connectivity index (χ1) is 8.63. The molecule has 1 fully saturated rings. The van der Waals surface area contributed by atoms with Crippen LogP contribution in [-0.4, -0.2) is 32.9 Å². The molecule has 1 aliphatic rings. The van der Waals surface area contributed by atoms with Crippen LogP contribution in [0.2, 0.25) is 0 Å². The zero-order chi connectivity index (χ0) is 13.1. The molecule has 1 aromatic heterocycles. The van der Waals surface area contributed by atoms with Crippen LogP contribution in [0.4, 0.5) is 0 Å². The molecule has 92 valence electrons. The highest BCUT2D eigenvalue weighted by Gasteiger charge is 2.36. The summed E-state index contributed by atoms with van der Waals surface area (Å²) < 4.78 is 0. The van der Waals surface area contributed by atoms with Gasteiger partial charge in [0.05, 0.1) is 0 Å². The van der Waals surface area contributed by atoms with Crippen LogP contribution < -0.4 is 0 Å². The molecule has 2 rings (SSSR count). The lowest BCUT2D eigenvalue weighted by Gasteiger charge is -2.21. The molecule has 1 saturated heterocycles. The molecule has 1 unspecified atom stereocenters. The number of aliphatic carboxylic acids is 1. The zero-order valence-electron chi connectivity index (χ0n) is 9.54. The molecule has 0 spiro atoms. The van der Waals surface area contributed by atoms with E-state index in [-0.39, 0.29) is 24.6 Å². The number of carboxylic acid groups (broad SMARTS) is 1. The average molecular weight is 245 g/mol. The van der Waals surface area contributed by atoms with Crippen molar-refractivity contribution >= 4 is 11.9 Å². The molecule has 6 nitrogen and oxygen atoms in total. The third-order valence-corrected chi connectivity index (χ3v) is 2.95. The van der Waals surface area contributed by atoms with E-state index in [0.29, 0.717) is 12.0 Å². The van der Waals surface area contributed by atoms with E-state index in [4.69, 9.17) is 10.4 Å². The number of aromatic nitrogens is 1. The molecule has 1 aliphatic heterocycles. The van der Waals surface area contributed by atoms with Crippen LogP contribution >= 0.6 is 0 Å². The average Bonchev–Trinajstić information content (AvgIpc) is 2.72. The molecule has 0 radical (unpaired) electrons. The summed E-state index contributed by atoms with van der Waals surface area (Å²) in [5.74, 6) is -1.21. The van der Waals surface area contributed by atoms with Gasteiger partial charge in [0.1, 0.15) is 17.8 Å². The third-order valence-electron chi connectivity index (χ3n) is 2.95. The maximum Gasteiger partial charge on any atom is 0.326 e. The maximum atomic E-state index is 11.7. The largest absolute Gasteiger partial charge is 0.480 e. The summed E-state index contributed by atoms with van der Waals surface area (Å²) in [4.78, 5) is 27.9. The van der Waals surface area contributed by atoms with Gasteiger partial charge in [0, 0.05) is 24.7 Å². The first-order valence-electron chi connectivity index (χ1n) is 5.49. The lowest BCUT2D eigenvalue weighted by Crippen LogP contribution is -2.38. The van der Waals surface area contributed by atoms with Gasteiger partial charge in [-0.25, -0.2) is 9.78 Å². The number of carbonyl (C=O) groups is 2. The van der Waals surface area contributed by atoms with Crippen molar-refractivity contribution in [1.29, 1.82) is 5.26 Å². The van der Waals surface area contributed by atoms with Gasteiger partial charge < -0.3 is 10.0 Å². The van der Waals surface area contributed by atoms with Crippen molar-refractivity contribution < 1.29 is 14.7 Å². The van der Waals surface area contributed by atoms with Crippen LogP contribution in [0.25, 0.3) is 0 Å². The Morgan fingerprint density at radius 2 is 2.44 bits per heavy atom. The van der Waals surface area contributed by atoms with Crippen LogP contribution in [0.1, 0.15) is 24.1 Å². The molecule has 1 aromatic rings. The molecule has 2 heterocycles. The van der Waals surface area contributed by atoms with Gasteiger partial charge in [0.15, 0.2) is 0 Å². The minimum atomic E-state index is -1.01. The van der Waals surface area contributed by atoms with Crippen LogP contribution in [-0.2, 0) is 16.1 Å². The number of amides is 1. The Hall–Kier alpha value is -2.42. The molecule has 1 atom stereocenters. The fraction of sp³-hybridized carbons (Fsp3) is 0.333. The number of rotatable bonds is 3. The first kappa shape index (κ1) is 12.0. The molecule has 0 aromatic carbocycles. The zero-order valence-corrected chi connectivity index (χ0v) is 9.54. The van der Waals surface area contributed by atoms with E-state index >= 15 is 0 Å². The normalized spacial score (nSPS) is 18.7. The molecule has 1 N–H and O–H groups in total. The van der Waals surface area contributed by atoms with E-state index in [1.807, 2.05) is 6.07 Å². The van der Waals surface area contributed by atoms with E-state index in [9.17, 15) is 9.59 Å². The molecular weight excluding hydrogens is 234 g/mol. The Morgan fingerprint density at radius 1 is 1.67 bits per heavy atom. The lowest BCUT2D eigenvalue weighted by molar-refractivity contribution is -0.146. The summed E-state index contributed by atoms with van der Waals surface area (Å²) in [5, 5.41) is 17.9. The highest BCUT2D eigenvalue weighted by molar-refractivity contribution is 5.87. The van der Waals surface area contributed by atoms with Gasteiger partial charge in [-0.3, -0.25) is 4.79 Å². The number of nitrogens with zero attached hydrogens (tertiary/aromatic N) is 3. The van der Waals surface area contributed by atoms with E-state index in [1.54, 1.807) is 12.1 Å². The number of carbonyl (C=O) groups excluding carboxylic acids is 1. The predicted molar refractivity (Wildman–Crippen MR) is 60.2 cm³/mol. The number of hydrogen-bond donors (Lipinski definition) is 1. The van der Waals surface area contributed by atoms with Gasteiger partial charge >= 0.3 is 5.97 Å². The van der Waals surface area contributed by atoms with Crippen molar-refractivity contribution in [3.63, 3.8) is 0 Å². The van der Waals surface area contributed by atoms with Crippen molar-refractivity contribution in [3.8, 4) is 6.07 Å². The van der Waals surface area contributed by atoms with Crippen molar-refractivity contribution in [2.45, 2.75) is 25.4 Å². The number of nitriles is 1. The van der Waals surface area contributed by atoms with Gasteiger partial charge in [-0.2, -0.15) is 5.26 Å². The molecule has 6 heteroatoms. The number of likely N-dealkylation sites (tertiary alicyclic amines) is 1. The molecular formula is C12H11N3O3. The SMILES string of the molecule is N#Cc1ncccc1CN1C(=O)CCC1C(=O)O. The van der Waals surface area contributed by atoms with Crippen molar-refractivity contribution in [2.75, 3.05) is 0 Å². The van der Waals surface area contributed by atoms with Gasteiger partial charge in [0.2, 0.25) is 5.91 Å². The predicted octanol–water partition coefficient (Wildman–Crippen LogP) is 0.529. The number of hydrogen-bond acceptors (Lipinski definition) is 4. The topological polar surface area (TPSA) is 94.3 Å². The summed E-state index contributed by atoms with van der Waals surface area (Å²) in [6.45, 7) is 0.118. The Kier molecular flexibility index (Phi) is 3.24. The minimum Gasteiger partial charge on any atom is -0.480 e. The van der Waals surface area contributed by atoms with E-state index < -0.39 is 12.0 Å². The fourth-order valence-electron chi connectivity index (χ4n) is 2.04. The molecule has 0 aliphatic carbocycles. The summed E-state index contributed by atoms with van der Waals surface area (Å²) in [5.41, 5.74) is 0.794. The molecule has 1 amide bonds. The maximum absolute atomic E-state index is 11.7. The van der Waals surface area contributed by atoms with Crippen molar-refractivity contribution in [1.82, 2.24) is 9.88 Å². The third kappa shape index (κ3) is 2.15. The highest BCUT2D eigenvalue weighted by Crippen LogP contribution is 2.22. The second-order valence-electron chi connectivity index (χ2n) is 4.04. The van der Waals surface area contributed by atoms with E-state index in [0.717, 1.165) is 0 Å². The van der Waals surface area contributed by atoms with Gasteiger partial charge in [-0.15, -0.1) is 0 Å². The molecule has 0 saturated carbocycles. The van der Waals surface area contributed by atoms with Gasteiger partial charge in [-0.1, -0.05) is 6.07 Å². The number of carboxylic acids is 1. The standard InChI is InChI=1S/C12H11N3O3/c13-6-9-8(2-1-5-14-9)7-15-10(12(17)18)3-4-11(15)16/h1-2,5,10H,3-4,7H2,(H,17,18). The second kappa shape index (κ2) is 4.84. The Morgan fingerprint density at radius 3 is 3.11 bits per heavy atom. The quantitative estimate of drug-likeness (QED) is 0.838. The highest BCUT2D eigenvalue weighted by atomic mass is 16.4. The summed E-state index contributed by atoms with van der Waals surface area (Å²) >= 11 is 0. The van der Waals surface area contributed by atoms with Crippen LogP contribution in [0, 0.1) is 11.3 Å². The van der Waals surface area contributed by atoms with Crippen molar-refractivity contribution in [3.05, 3.63) is 29.6 Å². The second-order valence-corrected chi connectivity index (χ2v) is 4.04. The molecule has 18 heavy (non-hydrogen) atoms. The Balaban J connectivity index is 2.25. The Labute approximate surface area is 103 Å². The van der Waals surface area contributed by atoms with Crippen molar-refractivity contribution in [2.24, 2.45) is 0 Å². The minimum absolute atomic E-state index is 0.118. The summed E-state index contributed by atoms with van der Waals surface area (Å²) in [7, 11) is 0. The number of pyridine rings is 1. The smallest absolute Gasteiger partial charge is 0.326 e. The first-order valence-corrected chi connectivity index (χ1v) is 5.49. The van der Waals surface area contributed by atoms with Gasteiger partial charge in [0.25, 0.3) is 0 Å². The fourth-order valence-corrected chi connectivity index (χ4v) is 2.04. The Bertz CT molecular complexity index is 536.